The predicted octanol–water partition coefficient (Wildman–Crippen LogP) is 1.34. The molecule has 0 fully saturated rings. The van der Waals surface area contributed by atoms with E-state index in [0.717, 1.165) is 0 Å². The van der Waals surface area contributed by atoms with Gasteiger partial charge in [0.15, 0.2) is 0 Å². The van der Waals surface area contributed by atoms with Crippen LogP contribution in [-0.2, 0) is 0 Å². The van der Waals surface area contributed by atoms with Crippen LogP contribution in [0.5, 0.6) is 0 Å². The van der Waals surface area contributed by atoms with Crippen molar-refractivity contribution in [2.24, 2.45) is 0 Å². The van der Waals surface area contributed by atoms with Crippen LogP contribution in [0.1, 0.15) is 0 Å². The van der Waals surface area contributed by atoms with E-state index >= 15 is 0 Å². The molecule has 0 nitrogen and oxygen atoms in total. The summed E-state index contributed by atoms with van der Waals surface area (Å²) in [5.74, 6) is 0. The standard InChI is InChI=1S/C2ClF3.Po.2H/c3-1(4)2(5)6;;;. The summed E-state index contributed by atoms with van der Waals surface area (Å²) in [6.07, 6.45) is -2.48. The van der Waals surface area contributed by atoms with Gasteiger partial charge < -0.3 is 0 Å². The fourth-order valence-corrected chi connectivity index (χ4v) is 0. The van der Waals surface area contributed by atoms with E-state index in [0.29, 0.717) is 0 Å². The van der Waals surface area contributed by atoms with Crippen molar-refractivity contribution in [3.05, 3.63) is 11.4 Å². The molecule has 0 atom stereocenters. The van der Waals surface area contributed by atoms with Crippen molar-refractivity contribution in [3.63, 3.8) is 0 Å². The van der Waals surface area contributed by atoms with E-state index in [9.17, 15) is 13.2 Å². The summed E-state index contributed by atoms with van der Waals surface area (Å²) >= 11 is 4.08. The summed E-state index contributed by atoms with van der Waals surface area (Å²) in [4.78, 5) is 0. The predicted molar refractivity (Wildman–Crippen MR) is 24.7 cm³/mol. The second-order valence-electron chi connectivity index (χ2n) is 0.521. The number of halogens is 4. The van der Waals surface area contributed by atoms with Crippen molar-refractivity contribution < 1.29 is 13.2 Å². The first kappa shape index (κ1) is 10.7. The molecule has 0 saturated carbocycles. The van der Waals surface area contributed by atoms with Gasteiger partial charge in [0.2, 0.25) is 0 Å². The van der Waals surface area contributed by atoms with Crippen LogP contribution >= 0.6 is 11.6 Å². The summed E-state index contributed by atoms with van der Waals surface area (Å²) in [7, 11) is 0. The van der Waals surface area contributed by atoms with Gasteiger partial charge in [-0.05, 0) is 11.6 Å². The zero-order chi connectivity index (χ0) is 5.15. The molecule has 0 amide bonds. The first-order chi connectivity index (χ1) is 2.64. The average Bonchev–Trinajstić information content (AvgIpc) is 1.36. The summed E-state index contributed by atoms with van der Waals surface area (Å²) in [6.45, 7) is 0. The van der Waals surface area contributed by atoms with Crippen LogP contribution in [0.4, 0.5) is 13.2 Å². The van der Waals surface area contributed by atoms with Gasteiger partial charge in [-0.3, -0.25) is 0 Å². The quantitative estimate of drug-likeness (QED) is 0.630. The molecule has 0 aromatic carbocycles. The van der Waals surface area contributed by atoms with Gasteiger partial charge in [0.05, 0.1) is 0 Å². The Morgan fingerprint density at radius 3 is 1.29 bits per heavy atom. The first-order valence-electron chi connectivity index (χ1n) is 1.01. The zero-order valence-corrected chi connectivity index (χ0v) is 7.66. The summed E-state index contributed by atoms with van der Waals surface area (Å²) < 4.78 is 31.8. The molecule has 0 aliphatic carbocycles. The molecule has 0 aromatic heterocycles. The van der Waals surface area contributed by atoms with Crippen molar-refractivity contribution in [2.45, 2.75) is 0 Å². The van der Waals surface area contributed by atoms with Crippen molar-refractivity contribution >= 4 is 38.2 Å². The van der Waals surface area contributed by atoms with Gasteiger partial charge in [-0.1, -0.05) is 0 Å². The molecular formula is C2H2ClF3Po. The Bertz CT molecular complexity index is 63.0. The Morgan fingerprint density at radius 1 is 1.14 bits per heavy atom. The molecule has 0 unspecified atom stereocenters. The Balaban J connectivity index is 0. The normalized spacial score (nSPS) is 6.86. The molecule has 0 rings (SSSR count). The van der Waals surface area contributed by atoms with E-state index in [4.69, 9.17) is 0 Å². The maximum absolute atomic E-state index is 10.7. The minimum atomic E-state index is -2.48. The van der Waals surface area contributed by atoms with Crippen LogP contribution in [0, 0.1) is 0 Å². The average molecular weight is 327 g/mol. The molecule has 5 heteroatoms. The second kappa shape index (κ2) is 4.86. The summed E-state index contributed by atoms with van der Waals surface area (Å²) in [5.41, 5.74) is 0. The van der Waals surface area contributed by atoms with Gasteiger partial charge in [0.25, 0.3) is 5.29 Å². The van der Waals surface area contributed by atoms with Crippen LogP contribution in [0.3, 0.4) is 0 Å². The fraction of sp³-hybridized carbons (Fsp3) is 0. The van der Waals surface area contributed by atoms with Crippen molar-refractivity contribution in [1.29, 1.82) is 0 Å². The molecule has 0 aliphatic heterocycles. The number of rotatable bonds is 0. The Hall–Kier alpha value is 0.716. The van der Waals surface area contributed by atoms with E-state index in [-0.39, 0.29) is 26.6 Å². The van der Waals surface area contributed by atoms with Gasteiger partial charge >= 0.3 is 32.6 Å². The number of hydrogen-bond acceptors (Lipinski definition) is 0. The SMILES string of the molecule is FC(F)=C(F)Cl.[PoH2]. The van der Waals surface area contributed by atoms with E-state index in [1.165, 1.54) is 0 Å². The molecule has 0 radical (unpaired) electrons. The van der Waals surface area contributed by atoms with Gasteiger partial charge in [-0.25, -0.2) is 0 Å². The molecule has 0 aliphatic rings. The van der Waals surface area contributed by atoms with Crippen LogP contribution in [-0.4, -0.2) is 26.6 Å². The molecule has 44 valence electrons. The summed E-state index contributed by atoms with van der Waals surface area (Å²) in [5, 5.41) is -1.94. The van der Waals surface area contributed by atoms with Gasteiger partial charge in [0.1, 0.15) is 0 Å². The van der Waals surface area contributed by atoms with Crippen LogP contribution in [0.15, 0.2) is 11.4 Å². The van der Waals surface area contributed by atoms with E-state index < -0.39 is 11.4 Å². The van der Waals surface area contributed by atoms with Crippen LogP contribution in [0.25, 0.3) is 0 Å². The van der Waals surface area contributed by atoms with Gasteiger partial charge in [0, 0.05) is 0 Å². The van der Waals surface area contributed by atoms with E-state index in [1.807, 2.05) is 0 Å². The third-order valence-electron chi connectivity index (χ3n) is 0.143. The molecule has 0 aromatic rings. The van der Waals surface area contributed by atoms with Gasteiger partial charge in [-0.2, -0.15) is 13.2 Å². The van der Waals surface area contributed by atoms with Gasteiger partial charge in [-0.15, -0.1) is 0 Å². The van der Waals surface area contributed by atoms with Crippen LogP contribution < -0.4 is 0 Å². The fourth-order valence-electron chi connectivity index (χ4n) is 0. The Kier molecular flexibility index (Phi) is 7.40. The molecule has 0 spiro atoms. The second-order valence-corrected chi connectivity index (χ2v) is 0.853. The van der Waals surface area contributed by atoms with E-state index in [2.05, 4.69) is 11.6 Å². The van der Waals surface area contributed by atoms with Crippen LogP contribution in [0.2, 0.25) is 0 Å². The monoisotopic (exact) mass is 327 g/mol. The Morgan fingerprint density at radius 2 is 1.29 bits per heavy atom. The third-order valence-corrected chi connectivity index (χ3v) is 0.286. The molecule has 0 bridgehead atoms. The molecule has 0 saturated heterocycles. The topological polar surface area (TPSA) is 0 Å². The third kappa shape index (κ3) is 6.72. The zero-order valence-electron chi connectivity index (χ0n) is 3.01. The summed E-state index contributed by atoms with van der Waals surface area (Å²) in [6, 6.07) is 0. The molecule has 0 heterocycles. The van der Waals surface area contributed by atoms with E-state index in [1.54, 1.807) is 0 Å². The Labute approximate surface area is 62.8 Å². The van der Waals surface area contributed by atoms with Crippen molar-refractivity contribution in [3.8, 4) is 0 Å². The molecule has 0 N–H and O–H groups in total. The first-order valence-corrected chi connectivity index (χ1v) is 1.38. The molecule has 7 heavy (non-hydrogen) atoms. The maximum atomic E-state index is 10.7. The van der Waals surface area contributed by atoms with Crippen molar-refractivity contribution in [2.75, 3.05) is 0 Å². The minimum absolute atomic E-state index is 0. The number of hydrogen-bond donors (Lipinski definition) is 0. The van der Waals surface area contributed by atoms with Crippen molar-refractivity contribution in [1.82, 2.24) is 0 Å². The molecular weight excluding hydrogens is 325 g/mol.